The van der Waals surface area contributed by atoms with Crippen molar-refractivity contribution in [1.82, 2.24) is 5.32 Å². The SMILES string of the molecule is C=CCNC(C)(C#N)C(C)OC. The molecule has 68 valence electrons. The van der Waals surface area contributed by atoms with E-state index >= 15 is 0 Å². The molecule has 3 heteroatoms. The van der Waals surface area contributed by atoms with Gasteiger partial charge in [-0.15, -0.1) is 6.58 Å². The average molecular weight is 168 g/mol. The van der Waals surface area contributed by atoms with Crippen molar-refractivity contribution in [2.45, 2.75) is 25.5 Å². The Labute approximate surface area is 74.0 Å². The molecule has 0 aromatic carbocycles. The van der Waals surface area contributed by atoms with Gasteiger partial charge in [0.2, 0.25) is 0 Å². The highest BCUT2D eigenvalue weighted by atomic mass is 16.5. The number of rotatable bonds is 5. The van der Waals surface area contributed by atoms with Crippen LogP contribution in [0.2, 0.25) is 0 Å². The predicted octanol–water partition coefficient (Wildman–Crippen LogP) is 1.08. The van der Waals surface area contributed by atoms with Gasteiger partial charge < -0.3 is 4.74 Å². The van der Waals surface area contributed by atoms with E-state index in [9.17, 15) is 0 Å². The van der Waals surface area contributed by atoms with Gasteiger partial charge in [0.05, 0.1) is 12.2 Å². The molecule has 0 aliphatic carbocycles. The van der Waals surface area contributed by atoms with Crippen molar-refractivity contribution in [1.29, 1.82) is 5.26 Å². The summed E-state index contributed by atoms with van der Waals surface area (Å²) in [5.41, 5.74) is -0.636. The van der Waals surface area contributed by atoms with Crippen molar-refractivity contribution in [2.75, 3.05) is 13.7 Å². The monoisotopic (exact) mass is 168 g/mol. The standard InChI is InChI=1S/C9H16N2O/c1-5-6-11-9(3,7-10)8(2)12-4/h5,8,11H,1,6H2,2-4H3. The molecule has 0 spiro atoms. The van der Waals surface area contributed by atoms with Gasteiger partial charge in [0.15, 0.2) is 0 Å². The summed E-state index contributed by atoms with van der Waals surface area (Å²) in [6.07, 6.45) is 1.58. The molecule has 0 aliphatic rings. The average Bonchev–Trinajstić information content (AvgIpc) is 2.12. The summed E-state index contributed by atoms with van der Waals surface area (Å²) in [6.45, 7) is 7.85. The second-order valence-corrected chi connectivity index (χ2v) is 2.86. The number of nitrogens with one attached hydrogen (secondary N) is 1. The molecule has 0 saturated heterocycles. The van der Waals surface area contributed by atoms with E-state index in [-0.39, 0.29) is 6.10 Å². The van der Waals surface area contributed by atoms with Gasteiger partial charge >= 0.3 is 0 Å². The molecule has 2 atom stereocenters. The molecule has 0 fully saturated rings. The Bertz CT molecular complexity index is 185. The fourth-order valence-electron chi connectivity index (χ4n) is 0.794. The lowest BCUT2D eigenvalue weighted by atomic mass is 9.98. The van der Waals surface area contributed by atoms with E-state index in [1.54, 1.807) is 13.2 Å². The molecular weight excluding hydrogens is 152 g/mol. The lowest BCUT2D eigenvalue weighted by molar-refractivity contribution is 0.0641. The fraction of sp³-hybridized carbons (Fsp3) is 0.667. The Kier molecular flexibility index (Phi) is 4.57. The zero-order valence-corrected chi connectivity index (χ0v) is 7.92. The normalized spacial score (nSPS) is 17.5. The van der Waals surface area contributed by atoms with Crippen molar-refractivity contribution >= 4 is 0 Å². The molecule has 0 heterocycles. The van der Waals surface area contributed by atoms with Crippen LogP contribution in [0.4, 0.5) is 0 Å². The van der Waals surface area contributed by atoms with Gasteiger partial charge in [0.1, 0.15) is 5.54 Å². The molecule has 0 radical (unpaired) electrons. The Hall–Kier alpha value is -0.850. The molecule has 2 unspecified atom stereocenters. The number of methoxy groups -OCH3 is 1. The predicted molar refractivity (Wildman–Crippen MR) is 48.7 cm³/mol. The largest absolute Gasteiger partial charge is 0.379 e. The molecule has 0 rings (SSSR count). The van der Waals surface area contributed by atoms with Gasteiger partial charge in [-0.1, -0.05) is 6.08 Å². The van der Waals surface area contributed by atoms with Gasteiger partial charge in [-0.3, -0.25) is 5.32 Å². The van der Waals surface area contributed by atoms with Crippen molar-refractivity contribution in [3.05, 3.63) is 12.7 Å². The maximum Gasteiger partial charge on any atom is 0.130 e. The first kappa shape index (κ1) is 11.2. The third-order valence-corrected chi connectivity index (χ3v) is 2.01. The smallest absolute Gasteiger partial charge is 0.130 e. The van der Waals surface area contributed by atoms with E-state index in [2.05, 4.69) is 18.0 Å². The molecule has 0 saturated carbocycles. The Morgan fingerprint density at radius 2 is 2.42 bits per heavy atom. The highest BCUT2D eigenvalue weighted by Gasteiger charge is 2.29. The summed E-state index contributed by atoms with van der Waals surface area (Å²) in [7, 11) is 1.59. The number of nitrogens with zero attached hydrogens (tertiary/aromatic N) is 1. The zero-order valence-electron chi connectivity index (χ0n) is 7.92. The minimum atomic E-state index is -0.636. The quantitative estimate of drug-likeness (QED) is 0.625. The highest BCUT2D eigenvalue weighted by Crippen LogP contribution is 2.10. The van der Waals surface area contributed by atoms with Crippen LogP contribution in [0, 0.1) is 11.3 Å². The summed E-state index contributed by atoms with van der Waals surface area (Å²) in [5, 5.41) is 11.9. The topological polar surface area (TPSA) is 45.0 Å². The van der Waals surface area contributed by atoms with Crippen LogP contribution in [0.3, 0.4) is 0 Å². The first-order chi connectivity index (χ1) is 5.60. The van der Waals surface area contributed by atoms with Gasteiger partial charge in [-0.05, 0) is 13.8 Å². The minimum absolute atomic E-state index is 0.137. The van der Waals surface area contributed by atoms with Crippen LogP contribution in [0.15, 0.2) is 12.7 Å². The van der Waals surface area contributed by atoms with Crippen LogP contribution >= 0.6 is 0 Å². The van der Waals surface area contributed by atoms with E-state index < -0.39 is 5.54 Å². The van der Waals surface area contributed by atoms with E-state index in [0.29, 0.717) is 6.54 Å². The van der Waals surface area contributed by atoms with Crippen molar-refractivity contribution in [2.24, 2.45) is 0 Å². The number of nitriles is 1. The van der Waals surface area contributed by atoms with Crippen molar-refractivity contribution in [3.8, 4) is 6.07 Å². The van der Waals surface area contributed by atoms with Gasteiger partial charge in [0, 0.05) is 13.7 Å². The summed E-state index contributed by atoms with van der Waals surface area (Å²) >= 11 is 0. The highest BCUT2D eigenvalue weighted by molar-refractivity contribution is 5.08. The first-order valence-electron chi connectivity index (χ1n) is 3.90. The zero-order chi connectivity index (χ0) is 9.61. The summed E-state index contributed by atoms with van der Waals surface area (Å²) in [6, 6.07) is 2.18. The van der Waals surface area contributed by atoms with E-state index in [1.807, 2.05) is 13.8 Å². The number of ether oxygens (including phenoxy) is 1. The maximum atomic E-state index is 8.89. The second-order valence-electron chi connectivity index (χ2n) is 2.86. The van der Waals surface area contributed by atoms with Gasteiger partial charge in [-0.25, -0.2) is 0 Å². The van der Waals surface area contributed by atoms with Crippen LogP contribution in [0.1, 0.15) is 13.8 Å². The number of hydrogen-bond acceptors (Lipinski definition) is 3. The van der Waals surface area contributed by atoms with Gasteiger partial charge in [-0.2, -0.15) is 5.26 Å². The lowest BCUT2D eigenvalue weighted by Crippen LogP contribution is -2.50. The molecule has 1 N–H and O–H groups in total. The van der Waals surface area contributed by atoms with E-state index in [1.165, 1.54) is 0 Å². The van der Waals surface area contributed by atoms with Crippen LogP contribution in [0.5, 0.6) is 0 Å². The third kappa shape index (κ3) is 2.65. The molecule has 0 aromatic heterocycles. The minimum Gasteiger partial charge on any atom is -0.379 e. The van der Waals surface area contributed by atoms with Crippen molar-refractivity contribution < 1.29 is 4.74 Å². The van der Waals surface area contributed by atoms with Crippen molar-refractivity contribution in [3.63, 3.8) is 0 Å². The fourth-order valence-corrected chi connectivity index (χ4v) is 0.794. The van der Waals surface area contributed by atoms with Crippen LogP contribution in [-0.4, -0.2) is 25.3 Å². The third-order valence-electron chi connectivity index (χ3n) is 2.01. The molecular formula is C9H16N2O. The first-order valence-corrected chi connectivity index (χ1v) is 3.90. The van der Waals surface area contributed by atoms with Crippen LogP contribution in [-0.2, 0) is 4.74 Å². The molecule has 0 aliphatic heterocycles. The Morgan fingerprint density at radius 1 is 1.83 bits per heavy atom. The molecule has 3 nitrogen and oxygen atoms in total. The molecule has 0 amide bonds. The molecule has 12 heavy (non-hydrogen) atoms. The second kappa shape index (κ2) is 4.91. The van der Waals surface area contributed by atoms with E-state index in [0.717, 1.165) is 0 Å². The maximum absolute atomic E-state index is 8.89. The van der Waals surface area contributed by atoms with Crippen LogP contribution < -0.4 is 5.32 Å². The van der Waals surface area contributed by atoms with E-state index in [4.69, 9.17) is 10.00 Å². The lowest BCUT2D eigenvalue weighted by Gasteiger charge is -2.28. The summed E-state index contributed by atoms with van der Waals surface area (Å²) in [4.78, 5) is 0. The number of hydrogen-bond donors (Lipinski definition) is 1. The van der Waals surface area contributed by atoms with Crippen LogP contribution in [0.25, 0.3) is 0 Å². The molecule has 0 aromatic rings. The summed E-state index contributed by atoms with van der Waals surface area (Å²) in [5.74, 6) is 0. The summed E-state index contributed by atoms with van der Waals surface area (Å²) < 4.78 is 5.08. The van der Waals surface area contributed by atoms with Gasteiger partial charge in [0.25, 0.3) is 0 Å². The molecule has 0 bridgehead atoms. The Morgan fingerprint density at radius 3 is 2.75 bits per heavy atom. The Balaban J connectivity index is 4.25.